The standard InChI is InChI=1S/C16H20N2O3/c1-11(2)21-9-8-18(3)15-10-14(16(19)20)17-13-7-5-4-6-12(13)15/h4-7,10-11H,8-9H2,1-3H3,(H,19,20). The molecule has 1 aromatic heterocycles. The molecular formula is C16H20N2O3. The van der Waals surface area contributed by atoms with E-state index in [0.717, 1.165) is 11.1 Å². The SMILES string of the molecule is CC(C)OCCN(C)c1cc(C(=O)O)nc2ccccc12. The Hall–Kier alpha value is -2.14. The van der Waals surface area contributed by atoms with Crippen molar-refractivity contribution in [2.24, 2.45) is 0 Å². The van der Waals surface area contributed by atoms with Crippen LogP contribution >= 0.6 is 0 Å². The molecule has 0 saturated carbocycles. The van der Waals surface area contributed by atoms with Gasteiger partial charge in [0.15, 0.2) is 5.69 Å². The van der Waals surface area contributed by atoms with Gasteiger partial charge in [0.1, 0.15) is 0 Å². The zero-order valence-corrected chi connectivity index (χ0v) is 12.5. The Bertz CT molecular complexity index is 640. The van der Waals surface area contributed by atoms with E-state index in [2.05, 4.69) is 4.98 Å². The predicted molar refractivity (Wildman–Crippen MR) is 83.1 cm³/mol. The second-order valence-corrected chi connectivity index (χ2v) is 5.19. The van der Waals surface area contributed by atoms with Gasteiger partial charge in [0.25, 0.3) is 0 Å². The number of anilines is 1. The molecule has 5 heteroatoms. The van der Waals surface area contributed by atoms with Gasteiger partial charge in [0.05, 0.1) is 18.2 Å². The van der Waals surface area contributed by atoms with Crippen LogP contribution in [0.15, 0.2) is 30.3 Å². The Morgan fingerprint density at radius 2 is 2.10 bits per heavy atom. The zero-order chi connectivity index (χ0) is 15.4. The minimum absolute atomic E-state index is 0.0559. The highest BCUT2D eigenvalue weighted by Crippen LogP contribution is 2.26. The highest BCUT2D eigenvalue weighted by Gasteiger charge is 2.13. The first-order valence-electron chi connectivity index (χ1n) is 6.95. The summed E-state index contributed by atoms with van der Waals surface area (Å²) in [6.45, 7) is 5.26. The Balaban J connectivity index is 2.34. The fourth-order valence-corrected chi connectivity index (χ4v) is 2.13. The van der Waals surface area contributed by atoms with E-state index >= 15 is 0 Å². The van der Waals surface area contributed by atoms with E-state index < -0.39 is 5.97 Å². The Kier molecular flexibility index (Phi) is 4.75. The van der Waals surface area contributed by atoms with Crippen LogP contribution in [0.25, 0.3) is 10.9 Å². The van der Waals surface area contributed by atoms with Crippen LogP contribution in [0.2, 0.25) is 0 Å². The number of ether oxygens (including phenoxy) is 1. The Labute approximate surface area is 124 Å². The number of hydrogen-bond donors (Lipinski definition) is 1. The summed E-state index contributed by atoms with van der Waals surface area (Å²) in [5.41, 5.74) is 1.59. The second kappa shape index (κ2) is 6.54. The summed E-state index contributed by atoms with van der Waals surface area (Å²) < 4.78 is 5.55. The van der Waals surface area contributed by atoms with E-state index in [-0.39, 0.29) is 11.8 Å². The lowest BCUT2D eigenvalue weighted by atomic mass is 10.1. The first kappa shape index (κ1) is 15.3. The van der Waals surface area contributed by atoms with E-state index in [1.54, 1.807) is 6.07 Å². The number of para-hydroxylation sites is 1. The van der Waals surface area contributed by atoms with Crippen molar-refractivity contribution in [3.63, 3.8) is 0 Å². The third-order valence-corrected chi connectivity index (χ3v) is 3.20. The van der Waals surface area contributed by atoms with Gasteiger partial charge in [0.2, 0.25) is 0 Å². The molecule has 0 radical (unpaired) electrons. The van der Waals surface area contributed by atoms with Crippen molar-refractivity contribution in [1.82, 2.24) is 4.98 Å². The van der Waals surface area contributed by atoms with Crippen molar-refractivity contribution in [2.45, 2.75) is 20.0 Å². The van der Waals surface area contributed by atoms with Gasteiger partial charge >= 0.3 is 5.97 Å². The van der Waals surface area contributed by atoms with Gasteiger partial charge in [0, 0.05) is 24.7 Å². The summed E-state index contributed by atoms with van der Waals surface area (Å²) >= 11 is 0. The normalized spacial score (nSPS) is 11.0. The van der Waals surface area contributed by atoms with Gasteiger partial charge in [-0.05, 0) is 26.0 Å². The van der Waals surface area contributed by atoms with Crippen LogP contribution in [0.3, 0.4) is 0 Å². The third kappa shape index (κ3) is 3.70. The maximum atomic E-state index is 11.2. The van der Waals surface area contributed by atoms with Gasteiger partial charge in [-0.15, -0.1) is 0 Å². The molecule has 2 rings (SSSR count). The molecule has 0 atom stereocenters. The number of fused-ring (bicyclic) bond motifs is 1. The Morgan fingerprint density at radius 3 is 2.76 bits per heavy atom. The minimum Gasteiger partial charge on any atom is -0.477 e. The number of aromatic carboxylic acids is 1. The number of benzene rings is 1. The van der Waals surface area contributed by atoms with E-state index in [4.69, 9.17) is 4.74 Å². The van der Waals surface area contributed by atoms with E-state index in [9.17, 15) is 9.90 Å². The number of likely N-dealkylation sites (N-methyl/N-ethyl adjacent to an activating group) is 1. The molecule has 1 heterocycles. The molecule has 0 aliphatic carbocycles. The summed E-state index contributed by atoms with van der Waals surface area (Å²) in [6.07, 6.45) is 0.183. The van der Waals surface area contributed by atoms with Crippen LogP contribution in [0.4, 0.5) is 5.69 Å². The number of carboxylic acid groups (broad SMARTS) is 1. The summed E-state index contributed by atoms with van der Waals surface area (Å²) in [7, 11) is 1.93. The zero-order valence-electron chi connectivity index (χ0n) is 12.5. The number of pyridine rings is 1. The topological polar surface area (TPSA) is 62.7 Å². The molecule has 0 aliphatic rings. The Morgan fingerprint density at radius 1 is 1.38 bits per heavy atom. The largest absolute Gasteiger partial charge is 0.477 e. The molecule has 0 spiro atoms. The fraction of sp³-hybridized carbons (Fsp3) is 0.375. The van der Waals surface area contributed by atoms with Gasteiger partial charge < -0.3 is 14.7 Å². The van der Waals surface area contributed by atoms with Crippen LogP contribution in [-0.4, -0.2) is 42.4 Å². The number of nitrogens with zero attached hydrogens (tertiary/aromatic N) is 2. The summed E-state index contributed by atoms with van der Waals surface area (Å²) in [4.78, 5) is 17.4. The van der Waals surface area contributed by atoms with Gasteiger partial charge in [-0.25, -0.2) is 9.78 Å². The molecule has 5 nitrogen and oxygen atoms in total. The average molecular weight is 288 g/mol. The number of rotatable bonds is 6. The molecule has 0 aliphatic heterocycles. The summed E-state index contributed by atoms with van der Waals surface area (Å²) in [5, 5.41) is 10.1. The van der Waals surface area contributed by atoms with E-state index in [1.807, 2.05) is 50.1 Å². The first-order valence-corrected chi connectivity index (χ1v) is 6.95. The molecular weight excluding hydrogens is 268 g/mol. The van der Waals surface area contributed by atoms with Gasteiger partial charge in [-0.3, -0.25) is 0 Å². The monoisotopic (exact) mass is 288 g/mol. The molecule has 0 bridgehead atoms. The van der Waals surface area contributed by atoms with E-state index in [0.29, 0.717) is 18.7 Å². The van der Waals surface area contributed by atoms with Crippen molar-refractivity contribution in [3.05, 3.63) is 36.0 Å². The number of hydrogen-bond acceptors (Lipinski definition) is 4. The van der Waals surface area contributed by atoms with Crippen molar-refractivity contribution < 1.29 is 14.6 Å². The van der Waals surface area contributed by atoms with Crippen LogP contribution < -0.4 is 4.90 Å². The van der Waals surface area contributed by atoms with Crippen LogP contribution in [0, 0.1) is 0 Å². The summed E-state index contributed by atoms with van der Waals surface area (Å²) in [5.74, 6) is -1.02. The smallest absolute Gasteiger partial charge is 0.354 e. The first-order chi connectivity index (χ1) is 9.99. The molecule has 21 heavy (non-hydrogen) atoms. The summed E-state index contributed by atoms with van der Waals surface area (Å²) in [6, 6.07) is 9.16. The molecule has 0 fully saturated rings. The van der Waals surface area contributed by atoms with Crippen LogP contribution in [0.1, 0.15) is 24.3 Å². The van der Waals surface area contributed by atoms with Crippen molar-refractivity contribution in [1.29, 1.82) is 0 Å². The highest BCUT2D eigenvalue weighted by molar-refractivity contribution is 5.97. The second-order valence-electron chi connectivity index (χ2n) is 5.19. The highest BCUT2D eigenvalue weighted by atomic mass is 16.5. The van der Waals surface area contributed by atoms with Crippen LogP contribution in [0.5, 0.6) is 0 Å². The lowest BCUT2D eigenvalue weighted by Gasteiger charge is -2.22. The quantitative estimate of drug-likeness (QED) is 0.885. The maximum absolute atomic E-state index is 11.2. The van der Waals surface area contributed by atoms with Gasteiger partial charge in [-0.1, -0.05) is 18.2 Å². The molecule has 112 valence electrons. The molecule has 1 N–H and O–H groups in total. The number of aromatic nitrogens is 1. The predicted octanol–water partition coefficient (Wildman–Crippen LogP) is 2.79. The van der Waals surface area contributed by atoms with Crippen LogP contribution in [-0.2, 0) is 4.74 Å². The van der Waals surface area contributed by atoms with Crippen molar-refractivity contribution in [2.75, 3.05) is 25.1 Å². The third-order valence-electron chi connectivity index (χ3n) is 3.20. The fourth-order valence-electron chi connectivity index (χ4n) is 2.13. The van der Waals surface area contributed by atoms with Crippen molar-refractivity contribution >= 4 is 22.6 Å². The average Bonchev–Trinajstić information content (AvgIpc) is 2.45. The number of carboxylic acids is 1. The molecule has 0 saturated heterocycles. The molecule has 1 aromatic carbocycles. The maximum Gasteiger partial charge on any atom is 0.354 e. The molecule has 2 aromatic rings. The van der Waals surface area contributed by atoms with E-state index in [1.165, 1.54) is 0 Å². The van der Waals surface area contributed by atoms with Crippen molar-refractivity contribution in [3.8, 4) is 0 Å². The molecule has 0 unspecified atom stereocenters. The molecule has 0 amide bonds. The lowest BCUT2D eigenvalue weighted by Crippen LogP contribution is -2.24. The minimum atomic E-state index is -1.02. The van der Waals surface area contributed by atoms with Gasteiger partial charge in [-0.2, -0.15) is 0 Å². The lowest BCUT2D eigenvalue weighted by molar-refractivity contribution is 0.0691. The number of carbonyl (C=O) groups is 1.